The summed E-state index contributed by atoms with van der Waals surface area (Å²) in [6.45, 7) is 11.6. The number of amides is 2. The molecule has 2 amide bonds. The van der Waals surface area contributed by atoms with E-state index in [1.165, 1.54) is 4.31 Å². The molecule has 0 saturated carbocycles. The summed E-state index contributed by atoms with van der Waals surface area (Å²) in [5.74, 6) is -0.497. The monoisotopic (exact) mass is 583 g/mol. The lowest BCUT2D eigenvalue weighted by Gasteiger charge is -2.33. The van der Waals surface area contributed by atoms with Gasteiger partial charge in [-0.05, 0) is 82.3 Å². The highest BCUT2D eigenvalue weighted by atomic mass is 35.5. The van der Waals surface area contributed by atoms with Crippen LogP contribution in [0.15, 0.2) is 36.4 Å². The molecule has 0 aromatic heterocycles. The van der Waals surface area contributed by atoms with Crippen molar-refractivity contribution < 1.29 is 18.0 Å². The van der Waals surface area contributed by atoms with Gasteiger partial charge in [-0.1, -0.05) is 48.3 Å². The molecule has 210 valence electrons. The average Bonchev–Trinajstić information content (AvgIpc) is 2.78. The van der Waals surface area contributed by atoms with E-state index >= 15 is 0 Å². The largest absolute Gasteiger partial charge is 0.350 e. The van der Waals surface area contributed by atoms with Crippen LogP contribution in [0.3, 0.4) is 0 Å². The number of benzene rings is 2. The van der Waals surface area contributed by atoms with Crippen molar-refractivity contribution >= 4 is 50.7 Å². The van der Waals surface area contributed by atoms with E-state index < -0.39 is 21.6 Å². The number of hydrogen-bond acceptors (Lipinski definition) is 4. The number of halogens is 2. The van der Waals surface area contributed by atoms with Crippen LogP contribution in [-0.4, -0.2) is 49.5 Å². The predicted octanol–water partition coefficient (Wildman–Crippen LogP) is 5.88. The minimum absolute atomic E-state index is 0.0670. The Morgan fingerprint density at radius 3 is 2.24 bits per heavy atom. The van der Waals surface area contributed by atoms with E-state index in [-0.39, 0.29) is 37.7 Å². The Bertz CT molecular complexity index is 1260. The van der Waals surface area contributed by atoms with Gasteiger partial charge in [0.25, 0.3) is 0 Å². The number of rotatable bonds is 11. The fourth-order valence-electron chi connectivity index (χ4n) is 4.18. The molecule has 0 aliphatic heterocycles. The van der Waals surface area contributed by atoms with Gasteiger partial charge in [0.1, 0.15) is 6.04 Å². The number of sulfonamides is 1. The maximum atomic E-state index is 13.6. The van der Waals surface area contributed by atoms with Crippen LogP contribution in [0.2, 0.25) is 10.0 Å². The number of nitrogens with one attached hydrogen (secondary N) is 1. The van der Waals surface area contributed by atoms with Crippen molar-refractivity contribution in [1.82, 2.24) is 10.2 Å². The van der Waals surface area contributed by atoms with Crippen molar-refractivity contribution in [3.63, 3.8) is 0 Å². The molecule has 2 rings (SSSR count). The fourth-order valence-corrected chi connectivity index (χ4v) is 5.51. The quantitative estimate of drug-likeness (QED) is 0.358. The highest BCUT2D eigenvalue weighted by Gasteiger charge is 2.31. The summed E-state index contributed by atoms with van der Waals surface area (Å²) in [5.41, 5.74) is 2.65. The van der Waals surface area contributed by atoms with Crippen LogP contribution in [0, 0.1) is 13.8 Å². The normalized spacial score (nSPS) is 12.7. The Kier molecular flexibility index (Phi) is 11.1. The minimum Gasteiger partial charge on any atom is -0.350 e. The standard InChI is InChI=1S/C28H39Cl2N3O4S/c1-8-24(27(35)31-28(4,5)6)32(18-21-13-14-22(29)23(30)17-21)26(34)10-9-15-33(38(7,36)37)25-16-19(2)11-12-20(25)3/h11-14,16-17,24H,8-10,15,18H2,1-7H3,(H,31,35). The molecule has 0 spiro atoms. The van der Waals surface area contributed by atoms with Gasteiger partial charge in [0.15, 0.2) is 0 Å². The third kappa shape index (κ3) is 9.17. The van der Waals surface area contributed by atoms with E-state index in [1.54, 1.807) is 23.1 Å². The van der Waals surface area contributed by atoms with Crippen molar-refractivity contribution in [3.8, 4) is 0 Å². The molecule has 0 bridgehead atoms. The second kappa shape index (κ2) is 13.2. The van der Waals surface area contributed by atoms with Gasteiger partial charge in [-0.15, -0.1) is 0 Å². The number of nitrogens with zero attached hydrogens (tertiary/aromatic N) is 2. The molecule has 1 atom stereocenters. The molecule has 1 N–H and O–H groups in total. The Labute approximate surface area is 237 Å². The van der Waals surface area contributed by atoms with Gasteiger partial charge in [-0.3, -0.25) is 13.9 Å². The average molecular weight is 585 g/mol. The van der Waals surface area contributed by atoms with Gasteiger partial charge in [0.05, 0.1) is 22.0 Å². The summed E-state index contributed by atoms with van der Waals surface area (Å²) < 4.78 is 26.6. The lowest BCUT2D eigenvalue weighted by Crippen LogP contribution is -2.53. The molecular weight excluding hydrogens is 545 g/mol. The molecule has 0 saturated heterocycles. The van der Waals surface area contributed by atoms with Crippen molar-refractivity contribution in [1.29, 1.82) is 0 Å². The maximum Gasteiger partial charge on any atom is 0.243 e. The van der Waals surface area contributed by atoms with E-state index in [2.05, 4.69) is 5.32 Å². The number of anilines is 1. The number of hydrogen-bond donors (Lipinski definition) is 1. The van der Waals surface area contributed by atoms with E-state index in [0.29, 0.717) is 22.2 Å². The van der Waals surface area contributed by atoms with Gasteiger partial charge in [0.2, 0.25) is 21.8 Å². The van der Waals surface area contributed by atoms with Crippen molar-refractivity contribution in [2.45, 2.75) is 78.9 Å². The first kappa shape index (κ1) is 31.9. The van der Waals surface area contributed by atoms with Crippen LogP contribution >= 0.6 is 23.2 Å². The summed E-state index contributed by atoms with van der Waals surface area (Å²) in [4.78, 5) is 28.3. The number of aryl methyl sites for hydroxylation is 2. The summed E-state index contributed by atoms with van der Waals surface area (Å²) in [5, 5.41) is 3.73. The third-order valence-electron chi connectivity index (χ3n) is 6.01. The SMILES string of the molecule is CCC(C(=O)NC(C)(C)C)N(Cc1ccc(Cl)c(Cl)c1)C(=O)CCCN(c1cc(C)ccc1C)S(C)(=O)=O. The molecule has 0 radical (unpaired) electrons. The molecule has 0 fully saturated rings. The minimum atomic E-state index is -3.57. The van der Waals surface area contributed by atoms with Crippen LogP contribution in [0.1, 0.15) is 63.6 Å². The zero-order valence-electron chi connectivity index (χ0n) is 23.3. The molecule has 0 aliphatic carbocycles. The molecule has 7 nitrogen and oxygen atoms in total. The molecule has 0 heterocycles. The fraction of sp³-hybridized carbons (Fsp3) is 0.500. The topological polar surface area (TPSA) is 86.8 Å². The first-order valence-electron chi connectivity index (χ1n) is 12.6. The second-order valence-electron chi connectivity index (χ2n) is 10.7. The zero-order valence-corrected chi connectivity index (χ0v) is 25.6. The van der Waals surface area contributed by atoms with Crippen LogP contribution in [0.25, 0.3) is 0 Å². The molecule has 10 heteroatoms. The van der Waals surface area contributed by atoms with Crippen molar-refractivity contribution in [2.75, 3.05) is 17.1 Å². The molecule has 2 aromatic carbocycles. The van der Waals surface area contributed by atoms with Crippen LogP contribution in [0.5, 0.6) is 0 Å². The molecule has 0 aliphatic rings. The molecule has 2 aromatic rings. The van der Waals surface area contributed by atoms with Crippen LogP contribution < -0.4 is 9.62 Å². The number of carbonyl (C=O) groups excluding carboxylic acids is 2. The lowest BCUT2D eigenvalue weighted by atomic mass is 10.0. The highest BCUT2D eigenvalue weighted by Crippen LogP contribution is 2.26. The summed E-state index contributed by atoms with van der Waals surface area (Å²) in [6.07, 6.45) is 1.93. The zero-order chi connectivity index (χ0) is 28.8. The first-order chi connectivity index (χ1) is 17.5. The third-order valence-corrected chi connectivity index (χ3v) is 7.93. The van der Waals surface area contributed by atoms with E-state index in [0.717, 1.165) is 22.9 Å². The van der Waals surface area contributed by atoms with E-state index in [9.17, 15) is 18.0 Å². The van der Waals surface area contributed by atoms with Crippen molar-refractivity contribution in [3.05, 3.63) is 63.1 Å². The van der Waals surface area contributed by atoms with Gasteiger partial charge < -0.3 is 10.2 Å². The van der Waals surface area contributed by atoms with E-state index in [1.807, 2.05) is 59.7 Å². The van der Waals surface area contributed by atoms with Crippen LogP contribution in [0.4, 0.5) is 5.69 Å². The Morgan fingerprint density at radius 2 is 1.68 bits per heavy atom. The van der Waals surface area contributed by atoms with Gasteiger partial charge in [-0.2, -0.15) is 0 Å². The summed E-state index contributed by atoms with van der Waals surface area (Å²) in [7, 11) is -3.57. The Balaban J connectivity index is 2.30. The lowest BCUT2D eigenvalue weighted by molar-refractivity contribution is -0.142. The molecular formula is C28H39Cl2N3O4S. The van der Waals surface area contributed by atoms with Gasteiger partial charge in [0, 0.05) is 25.0 Å². The highest BCUT2D eigenvalue weighted by molar-refractivity contribution is 7.92. The maximum absolute atomic E-state index is 13.6. The van der Waals surface area contributed by atoms with Gasteiger partial charge in [-0.25, -0.2) is 8.42 Å². The van der Waals surface area contributed by atoms with E-state index in [4.69, 9.17) is 23.2 Å². The van der Waals surface area contributed by atoms with Gasteiger partial charge >= 0.3 is 0 Å². The van der Waals surface area contributed by atoms with Crippen LogP contribution in [-0.2, 0) is 26.2 Å². The first-order valence-corrected chi connectivity index (χ1v) is 15.2. The summed E-state index contributed by atoms with van der Waals surface area (Å²) >= 11 is 12.3. The smallest absolute Gasteiger partial charge is 0.243 e. The van der Waals surface area contributed by atoms with Crippen molar-refractivity contribution in [2.24, 2.45) is 0 Å². The molecule has 38 heavy (non-hydrogen) atoms. The molecule has 1 unspecified atom stereocenters. The summed E-state index contributed by atoms with van der Waals surface area (Å²) in [6, 6.07) is 10.1. The number of carbonyl (C=O) groups is 2. The Morgan fingerprint density at radius 1 is 1.03 bits per heavy atom. The second-order valence-corrected chi connectivity index (χ2v) is 13.4. The Hall–Kier alpha value is -2.29. The predicted molar refractivity (Wildman–Crippen MR) is 156 cm³/mol.